The van der Waals surface area contributed by atoms with Crippen molar-refractivity contribution >= 4 is 27.3 Å². The normalized spacial score (nSPS) is 12.2. The summed E-state index contributed by atoms with van der Waals surface area (Å²) in [7, 11) is -3.66. The van der Waals surface area contributed by atoms with Crippen LogP contribution in [0.3, 0.4) is 0 Å². The maximum atomic E-state index is 12.2. The van der Waals surface area contributed by atoms with Gasteiger partial charge in [0, 0.05) is 5.02 Å². The van der Waals surface area contributed by atoms with Crippen LogP contribution >= 0.6 is 11.6 Å². The summed E-state index contributed by atoms with van der Waals surface area (Å²) in [6.45, 7) is 3.81. The van der Waals surface area contributed by atoms with Gasteiger partial charge in [0.15, 0.2) is 0 Å². The van der Waals surface area contributed by atoms with Gasteiger partial charge in [-0.2, -0.15) is 18.4 Å². The smallest absolute Gasteiger partial charge is 0.200 e. The Morgan fingerprint density at radius 2 is 1.68 bits per heavy atom. The van der Waals surface area contributed by atoms with E-state index in [0.29, 0.717) is 17.2 Å². The van der Waals surface area contributed by atoms with Gasteiger partial charge in [-0.3, -0.25) is 0 Å². The molecule has 0 aliphatic rings. The standard InChI is InChI=1S/C16H17ClN2O2S/c1-3-16(13-6-8-14(17)9-7-13)18-19-22(20,21)15-10-4-12(2)5-11-15/h4-11,19H,3H2,1-2H3/b18-16-. The fraction of sp³-hybridized carbons (Fsp3) is 0.188. The first kappa shape index (κ1) is 16.5. The molecule has 0 unspecified atom stereocenters. The van der Waals surface area contributed by atoms with Crippen LogP contribution in [0.1, 0.15) is 24.5 Å². The summed E-state index contributed by atoms with van der Waals surface area (Å²) in [5.41, 5.74) is 2.48. The van der Waals surface area contributed by atoms with Gasteiger partial charge in [0.2, 0.25) is 0 Å². The molecule has 0 aromatic heterocycles. The number of hydrogen-bond donors (Lipinski definition) is 1. The summed E-state index contributed by atoms with van der Waals surface area (Å²) in [6.07, 6.45) is 0.595. The maximum absolute atomic E-state index is 12.2. The van der Waals surface area contributed by atoms with Gasteiger partial charge < -0.3 is 0 Å². The summed E-state index contributed by atoms with van der Waals surface area (Å²) in [5, 5.41) is 4.67. The van der Waals surface area contributed by atoms with Crippen molar-refractivity contribution in [3.05, 3.63) is 64.7 Å². The maximum Gasteiger partial charge on any atom is 0.276 e. The van der Waals surface area contributed by atoms with Crippen LogP contribution in [-0.4, -0.2) is 14.1 Å². The number of hydrogen-bond acceptors (Lipinski definition) is 3. The van der Waals surface area contributed by atoms with E-state index in [1.54, 1.807) is 36.4 Å². The second-order valence-electron chi connectivity index (χ2n) is 4.83. The first-order valence-electron chi connectivity index (χ1n) is 6.83. The molecular weight excluding hydrogens is 320 g/mol. The van der Waals surface area contributed by atoms with Gasteiger partial charge in [-0.25, -0.2) is 0 Å². The highest BCUT2D eigenvalue weighted by molar-refractivity contribution is 7.89. The molecular formula is C16H17ClN2O2S. The number of benzene rings is 2. The molecule has 0 radical (unpaired) electrons. The van der Waals surface area contributed by atoms with Crippen molar-refractivity contribution in [3.8, 4) is 0 Å². The van der Waals surface area contributed by atoms with Gasteiger partial charge in [0.25, 0.3) is 10.0 Å². The Balaban J connectivity index is 2.24. The number of nitrogens with zero attached hydrogens (tertiary/aromatic N) is 1. The number of rotatable bonds is 5. The molecule has 0 spiro atoms. The van der Waals surface area contributed by atoms with Gasteiger partial charge in [-0.1, -0.05) is 48.4 Å². The number of sulfonamides is 1. The van der Waals surface area contributed by atoms with Crippen LogP contribution in [0.2, 0.25) is 5.02 Å². The van der Waals surface area contributed by atoms with Crippen molar-refractivity contribution in [2.24, 2.45) is 5.10 Å². The van der Waals surface area contributed by atoms with Crippen molar-refractivity contribution in [3.63, 3.8) is 0 Å². The van der Waals surface area contributed by atoms with Crippen LogP contribution in [-0.2, 0) is 10.0 Å². The summed E-state index contributed by atoms with van der Waals surface area (Å²) in [6, 6.07) is 13.7. The van der Waals surface area contributed by atoms with Crippen LogP contribution in [0.4, 0.5) is 0 Å². The number of nitrogens with one attached hydrogen (secondary N) is 1. The Kier molecular flexibility index (Phi) is 5.21. The average Bonchev–Trinajstić information content (AvgIpc) is 2.50. The zero-order chi connectivity index (χ0) is 16.2. The third-order valence-corrected chi connectivity index (χ3v) is 4.62. The van der Waals surface area contributed by atoms with Crippen molar-refractivity contribution in [2.75, 3.05) is 0 Å². The van der Waals surface area contributed by atoms with Crippen LogP contribution in [0, 0.1) is 6.92 Å². The fourth-order valence-corrected chi connectivity index (χ4v) is 2.83. The highest BCUT2D eigenvalue weighted by atomic mass is 35.5. The lowest BCUT2D eigenvalue weighted by atomic mass is 10.1. The van der Waals surface area contributed by atoms with Crippen molar-refractivity contribution in [1.29, 1.82) is 0 Å². The lowest BCUT2D eigenvalue weighted by molar-refractivity contribution is 0.584. The minimum atomic E-state index is -3.66. The van der Waals surface area contributed by atoms with E-state index < -0.39 is 10.0 Å². The molecule has 1 N–H and O–H groups in total. The molecule has 2 aromatic carbocycles. The molecule has 0 saturated heterocycles. The van der Waals surface area contributed by atoms with Gasteiger partial charge in [-0.15, -0.1) is 0 Å². The Bertz CT molecular complexity index is 767. The van der Waals surface area contributed by atoms with Crippen molar-refractivity contribution in [1.82, 2.24) is 4.83 Å². The van der Waals surface area contributed by atoms with Gasteiger partial charge >= 0.3 is 0 Å². The molecule has 0 fully saturated rings. The monoisotopic (exact) mass is 336 g/mol. The highest BCUT2D eigenvalue weighted by Crippen LogP contribution is 2.13. The van der Waals surface area contributed by atoms with Gasteiger partial charge in [-0.05, 0) is 43.2 Å². The average molecular weight is 337 g/mol. The summed E-state index contributed by atoms with van der Waals surface area (Å²) in [5.74, 6) is 0. The molecule has 0 bridgehead atoms. The fourth-order valence-electron chi connectivity index (χ4n) is 1.88. The summed E-state index contributed by atoms with van der Waals surface area (Å²) >= 11 is 5.85. The lowest BCUT2D eigenvalue weighted by Gasteiger charge is -2.07. The minimum Gasteiger partial charge on any atom is -0.200 e. The Morgan fingerprint density at radius 3 is 2.23 bits per heavy atom. The predicted octanol–water partition coefficient (Wildman–Crippen LogP) is 3.74. The van der Waals surface area contributed by atoms with Gasteiger partial charge in [0.1, 0.15) is 0 Å². The van der Waals surface area contributed by atoms with Crippen LogP contribution in [0.25, 0.3) is 0 Å². The molecule has 0 aliphatic heterocycles. The van der Waals surface area contributed by atoms with Crippen LogP contribution < -0.4 is 4.83 Å². The zero-order valence-electron chi connectivity index (χ0n) is 12.4. The largest absolute Gasteiger partial charge is 0.276 e. The molecule has 0 saturated carbocycles. The molecule has 116 valence electrons. The third-order valence-electron chi connectivity index (χ3n) is 3.14. The molecule has 0 aliphatic carbocycles. The molecule has 0 heterocycles. The number of halogens is 1. The Morgan fingerprint density at radius 1 is 1.09 bits per heavy atom. The first-order valence-corrected chi connectivity index (χ1v) is 8.69. The van der Waals surface area contributed by atoms with E-state index in [1.165, 1.54) is 0 Å². The van der Waals surface area contributed by atoms with E-state index >= 15 is 0 Å². The van der Waals surface area contributed by atoms with E-state index in [0.717, 1.165) is 11.1 Å². The Hall–Kier alpha value is -1.85. The van der Waals surface area contributed by atoms with E-state index in [-0.39, 0.29) is 4.90 Å². The molecule has 0 atom stereocenters. The molecule has 0 amide bonds. The topological polar surface area (TPSA) is 58.5 Å². The zero-order valence-corrected chi connectivity index (χ0v) is 13.9. The molecule has 2 rings (SSSR count). The first-order chi connectivity index (χ1) is 10.4. The van der Waals surface area contributed by atoms with E-state index in [2.05, 4.69) is 9.93 Å². The second kappa shape index (κ2) is 6.94. The van der Waals surface area contributed by atoms with Gasteiger partial charge in [0.05, 0.1) is 10.6 Å². The second-order valence-corrected chi connectivity index (χ2v) is 6.92. The summed E-state index contributed by atoms with van der Waals surface area (Å²) < 4.78 is 24.4. The van der Waals surface area contributed by atoms with Crippen molar-refractivity contribution < 1.29 is 8.42 Å². The van der Waals surface area contributed by atoms with Crippen LogP contribution in [0.15, 0.2) is 58.5 Å². The van der Waals surface area contributed by atoms with E-state index in [1.807, 2.05) is 26.0 Å². The molecule has 6 heteroatoms. The number of hydrazone groups is 1. The quantitative estimate of drug-likeness (QED) is 0.668. The summed E-state index contributed by atoms with van der Waals surface area (Å²) in [4.78, 5) is 2.47. The highest BCUT2D eigenvalue weighted by Gasteiger charge is 2.13. The molecule has 2 aromatic rings. The minimum absolute atomic E-state index is 0.188. The lowest BCUT2D eigenvalue weighted by Crippen LogP contribution is -2.20. The Labute approximate surface area is 135 Å². The molecule has 4 nitrogen and oxygen atoms in total. The number of aryl methyl sites for hydroxylation is 1. The third kappa shape index (κ3) is 4.08. The van der Waals surface area contributed by atoms with E-state index in [9.17, 15) is 8.42 Å². The van der Waals surface area contributed by atoms with Crippen LogP contribution in [0.5, 0.6) is 0 Å². The van der Waals surface area contributed by atoms with E-state index in [4.69, 9.17) is 11.6 Å². The predicted molar refractivity (Wildman–Crippen MR) is 89.8 cm³/mol. The SMILES string of the molecule is CC/C(=N/NS(=O)(=O)c1ccc(C)cc1)c1ccc(Cl)cc1. The van der Waals surface area contributed by atoms with Crippen molar-refractivity contribution in [2.45, 2.75) is 25.2 Å². The molecule has 22 heavy (non-hydrogen) atoms.